The first-order chi connectivity index (χ1) is 10.7. The van der Waals surface area contributed by atoms with Crippen molar-refractivity contribution in [3.63, 3.8) is 0 Å². The van der Waals surface area contributed by atoms with E-state index in [2.05, 4.69) is 4.74 Å². The average Bonchev–Trinajstić information content (AvgIpc) is 2.60. The predicted octanol–water partition coefficient (Wildman–Crippen LogP) is 8.40. The van der Waals surface area contributed by atoms with E-state index < -0.39 is 7.51 Å². The molecule has 0 aromatic heterocycles. The number of para-hydroxylation sites is 2. The summed E-state index contributed by atoms with van der Waals surface area (Å²) in [6, 6.07) is 19.2. The zero-order valence-electron chi connectivity index (χ0n) is 14.5. The minimum absolute atomic E-state index is 0. The molecule has 0 heterocycles. The van der Waals surface area contributed by atoms with E-state index in [1.165, 1.54) is 0 Å². The molecule has 0 bridgehead atoms. The van der Waals surface area contributed by atoms with Crippen LogP contribution in [0.3, 0.4) is 0 Å². The van der Waals surface area contributed by atoms with Gasteiger partial charge in [-0.25, -0.2) is 4.74 Å². The Morgan fingerprint density at radius 2 is 0.920 bits per heavy atom. The molecule has 0 atom stereocenters. The zero-order valence-corrected chi connectivity index (χ0v) is 15.4. The van der Waals surface area contributed by atoms with Gasteiger partial charge in [-0.05, 0) is 24.3 Å². The third-order valence-electron chi connectivity index (χ3n) is 2.40. The summed E-state index contributed by atoms with van der Waals surface area (Å²) in [5.74, 6) is 1.55. The summed E-state index contributed by atoms with van der Waals surface area (Å²) < 4.78 is 16.0. The highest BCUT2D eigenvalue weighted by atomic mass is 31.2. The molecule has 146 valence electrons. The first-order valence-corrected chi connectivity index (χ1v) is 9.71. The molecule has 0 radical (unpaired) electrons. The molecular formula is C21H40NO2P. The van der Waals surface area contributed by atoms with Crippen LogP contribution in [0.2, 0.25) is 0 Å². The molecule has 0 spiro atoms. The fourth-order valence-corrected chi connectivity index (χ4v) is 2.68. The average molecular weight is 370 g/mol. The molecule has 4 heteroatoms. The van der Waals surface area contributed by atoms with Gasteiger partial charge in [-0.15, -0.1) is 0 Å². The molecule has 0 saturated carbocycles. The second-order valence-corrected chi connectivity index (χ2v) is 6.18. The van der Waals surface area contributed by atoms with Crippen LogP contribution in [0.5, 0.6) is 11.5 Å². The summed E-state index contributed by atoms with van der Waals surface area (Å²) in [5, 5.41) is 0. The van der Waals surface area contributed by atoms with Gasteiger partial charge in [0.1, 0.15) is 11.5 Å². The molecule has 0 aliphatic heterocycles. The SMILES string of the molecule is C.C.C.CC.CC.CN=P(C)(Oc1ccccc1)Oc1ccccc1. The number of rotatable bonds is 4. The van der Waals surface area contributed by atoms with Crippen LogP contribution in [0, 0.1) is 0 Å². The van der Waals surface area contributed by atoms with Crippen molar-refractivity contribution in [3.05, 3.63) is 60.7 Å². The van der Waals surface area contributed by atoms with Crippen molar-refractivity contribution in [2.75, 3.05) is 13.7 Å². The molecule has 0 fully saturated rings. The van der Waals surface area contributed by atoms with Crippen molar-refractivity contribution in [1.82, 2.24) is 0 Å². The maximum atomic E-state index is 5.88. The van der Waals surface area contributed by atoms with Crippen molar-refractivity contribution in [3.8, 4) is 11.5 Å². The molecule has 25 heavy (non-hydrogen) atoms. The van der Waals surface area contributed by atoms with Crippen LogP contribution in [-0.2, 0) is 0 Å². The van der Waals surface area contributed by atoms with E-state index in [-0.39, 0.29) is 22.3 Å². The quantitative estimate of drug-likeness (QED) is 0.506. The van der Waals surface area contributed by atoms with Crippen LogP contribution in [0.25, 0.3) is 0 Å². The number of benzene rings is 2. The van der Waals surface area contributed by atoms with Gasteiger partial charge < -0.3 is 9.05 Å². The van der Waals surface area contributed by atoms with E-state index in [4.69, 9.17) is 9.05 Å². The summed E-state index contributed by atoms with van der Waals surface area (Å²) in [6.45, 7) is 9.90. The Kier molecular flexibility index (Phi) is 23.1. The Labute approximate surface area is 157 Å². The van der Waals surface area contributed by atoms with Gasteiger partial charge in [0.25, 0.3) is 0 Å². The van der Waals surface area contributed by atoms with Crippen LogP contribution in [-0.4, -0.2) is 13.7 Å². The monoisotopic (exact) mass is 369 g/mol. The summed E-state index contributed by atoms with van der Waals surface area (Å²) in [6.07, 6.45) is 0. The molecule has 0 saturated heterocycles. The highest BCUT2D eigenvalue weighted by Gasteiger charge is 2.16. The lowest BCUT2D eigenvalue weighted by molar-refractivity contribution is 0.481. The van der Waals surface area contributed by atoms with Gasteiger partial charge in [0.05, 0.1) is 0 Å². The lowest BCUT2D eigenvalue weighted by atomic mass is 10.3. The summed E-state index contributed by atoms with van der Waals surface area (Å²) >= 11 is 0. The molecule has 0 aliphatic carbocycles. The second kappa shape index (κ2) is 18.6. The minimum atomic E-state index is -2.27. The van der Waals surface area contributed by atoms with Crippen LogP contribution in [0.1, 0.15) is 50.0 Å². The van der Waals surface area contributed by atoms with Crippen LogP contribution >= 0.6 is 7.51 Å². The Hall–Kier alpha value is -1.73. The Balaban J connectivity index is -0.000000294. The molecule has 0 N–H and O–H groups in total. The van der Waals surface area contributed by atoms with Crippen molar-refractivity contribution in [2.24, 2.45) is 4.74 Å². The predicted molar refractivity (Wildman–Crippen MR) is 118 cm³/mol. The van der Waals surface area contributed by atoms with Gasteiger partial charge >= 0.3 is 7.51 Å². The summed E-state index contributed by atoms with van der Waals surface area (Å²) in [7, 11) is -0.547. The Morgan fingerprint density at radius 3 is 1.16 bits per heavy atom. The largest absolute Gasteiger partial charge is 0.430 e. The van der Waals surface area contributed by atoms with Gasteiger partial charge in [-0.1, -0.05) is 86.4 Å². The molecule has 2 aromatic rings. The van der Waals surface area contributed by atoms with Crippen molar-refractivity contribution in [2.45, 2.75) is 50.0 Å². The maximum Gasteiger partial charge on any atom is 0.310 e. The van der Waals surface area contributed by atoms with E-state index in [1.807, 2.05) is 95.0 Å². The van der Waals surface area contributed by atoms with Gasteiger partial charge in [0, 0.05) is 13.7 Å². The normalized spacial score (nSPS) is 8.24. The van der Waals surface area contributed by atoms with E-state index in [0.717, 1.165) is 11.5 Å². The lowest BCUT2D eigenvalue weighted by Crippen LogP contribution is -1.99. The van der Waals surface area contributed by atoms with E-state index in [9.17, 15) is 0 Å². The maximum absolute atomic E-state index is 5.88. The molecule has 0 amide bonds. The molecule has 3 nitrogen and oxygen atoms in total. The molecule has 2 aromatic carbocycles. The number of hydrogen-bond donors (Lipinski definition) is 0. The van der Waals surface area contributed by atoms with Gasteiger partial charge in [-0.3, -0.25) is 0 Å². The van der Waals surface area contributed by atoms with Crippen LogP contribution in [0.4, 0.5) is 0 Å². The first-order valence-electron chi connectivity index (χ1n) is 7.69. The third kappa shape index (κ3) is 12.3. The zero-order chi connectivity index (χ0) is 16.8. The first kappa shape index (κ1) is 31.1. The van der Waals surface area contributed by atoms with Gasteiger partial charge in [0.2, 0.25) is 0 Å². The standard InChI is InChI=1S/C14H16NO2P.2C2H6.3CH4/c1-15-18(2,16-13-9-5-3-6-10-13)17-14-11-7-4-8-12-14;2*1-2;;;/h3-12H,1-2H3;2*1-2H3;3*1H4. The fourth-order valence-electron chi connectivity index (χ4n) is 1.45. The van der Waals surface area contributed by atoms with E-state index >= 15 is 0 Å². The lowest BCUT2D eigenvalue weighted by Gasteiger charge is -2.21. The van der Waals surface area contributed by atoms with Crippen molar-refractivity contribution in [1.29, 1.82) is 0 Å². The van der Waals surface area contributed by atoms with Gasteiger partial charge in [-0.2, -0.15) is 0 Å². The van der Waals surface area contributed by atoms with Crippen molar-refractivity contribution < 1.29 is 9.05 Å². The molecule has 0 unspecified atom stereocenters. The van der Waals surface area contributed by atoms with E-state index in [0.29, 0.717) is 0 Å². The van der Waals surface area contributed by atoms with Crippen LogP contribution in [0.15, 0.2) is 65.4 Å². The smallest absolute Gasteiger partial charge is 0.310 e. The summed E-state index contributed by atoms with van der Waals surface area (Å²) in [4.78, 5) is 0. The fraction of sp³-hybridized carbons (Fsp3) is 0.429. The number of nitrogens with zero attached hydrogens (tertiary/aromatic N) is 1. The third-order valence-corrected chi connectivity index (χ3v) is 4.23. The Bertz CT molecular complexity index is 497. The van der Waals surface area contributed by atoms with Gasteiger partial charge in [0.15, 0.2) is 0 Å². The Morgan fingerprint density at radius 1 is 0.640 bits per heavy atom. The topological polar surface area (TPSA) is 30.8 Å². The van der Waals surface area contributed by atoms with E-state index in [1.54, 1.807) is 7.05 Å². The summed E-state index contributed by atoms with van der Waals surface area (Å²) in [5.41, 5.74) is 0. The minimum Gasteiger partial charge on any atom is -0.430 e. The molecular weight excluding hydrogens is 329 g/mol. The molecule has 2 rings (SSSR count). The second-order valence-electron chi connectivity index (χ2n) is 3.81. The van der Waals surface area contributed by atoms with Crippen LogP contribution < -0.4 is 9.05 Å². The molecule has 0 aliphatic rings. The number of hydrogen-bond acceptors (Lipinski definition) is 3. The van der Waals surface area contributed by atoms with Crippen molar-refractivity contribution >= 4 is 7.51 Å². The highest BCUT2D eigenvalue weighted by Crippen LogP contribution is 2.47. The highest BCUT2D eigenvalue weighted by molar-refractivity contribution is 7.56.